The molecule has 0 unspecified atom stereocenters. The molecule has 0 radical (unpaired) electrons. The third-order valence-electron chi connectivity index (χ3n) is 4.72. The fourth-order valence-corrected chi connectivity index (χ4v) is 3.08. The highest BCUT2D eigenvalue weighted by Gasteiger charge is 2.24. The second-order valence-electron chi connectivity index (χ2n) is 7.01. The van der Waals surface area contributed by atoms with Crippen LogP contribution in [0, 0.1) is 5.82 Å². The number of nitrogens with one attached hydrogen (secondary N) is 1. The average molecular weight is 419 g/mol. The van der Waals surface area contributed by atoms with E-state index in [9.17, 15) is 18.8 Å². The third kappa shape index (κ3) is 6.09. The van der Waals surface area contributed by atoms with Crippen LogP contribution in [-0.4, -0.2) is 23.8 Å². The minimum Gasteiger partial charge on any atom is -0.454 e. The summed E-state index contributed by atoms with van der Waals surface area (Å²) in [6.45, 7) is 1.46. The molecule has 0 aromatic heterocycles. The number of amides is 1. The first-order chi connectivity index (χ1) is 14.9. The quantitative estimate of drug-likeness (QED) is 0.431. The Morgan fingerprint density at radius 3 is 2.03 bits per heavy atom. The summed E-state index contributed by atoms with van der Waals surface area (Å²) in [7, 11) is 0. The predicted molar refractivity (Wildman–Crippen MR) is 114 cm³/mol. The summed E-state index contributed by atoms with van der Waals surface area (Å²) >= 11 is 0. The third-order valence-corrected chi connectivity index (χ3v) is 4.72. The van der Waals surface area contributed by atoms with Crippen LogP contribution in [0.15, 0.2) is 84.9 Å². The Hall–Kier alpha value is -3.80. The van der Waals surface area contributed by atoms with E-state index in [1.165, 1.54) is 31.2 Å². The van der Waals surface area contributed by atoms with E-state index in [4.69, 9.17) is 4.74 Å². The molecule has 5 nitrogen and oxygen atoms in total. The van der Waals surface area contributed by atoms with Crippen molar-refractivity contribution >= 4 is 17.7 Å². The average Bonchev–Trinajstić information content (AvgIpc) is 2.79. The van der Waals surface area contributed by atoms with E-state index in [1.54, 1.807) is 36.4 Å². The molecule has 0 spiro atoms. The lowest BCUT2D eigenvalue weighted by atomic mass is 10.0. The van der Waals surface area contributed by atoms with Gasteiger partial charge in [0.25, 0.3) is 5.91 Å². The maximum Gasteiger partial charge on any atom is 0.308 e. The number of carbonyl (C=O) groups is 3. The number of benzene rings is 3. The van der Waals surface area contributed by atoms with Crippen molar-refractivity contribution < 1.29 is 23.5 Å². The molecule has 158 valence electrons. The minimum absolute atomic E-state index is 0.149. The van der Waals surface area contributed by atoms with Gasteiger partial charge in [-0.1, -0.05) is 48.5 Å². The molecule has 0 fully saturated rings. The molecule has 0 saturated carbocycles. The van der Waals surface area contributed by atoms with E-state index in [0.717, 1.165) is 5.56 Å². The maximum absolute atomic E-state index is 13.1. The maximum atomic E-state index is 13.1. The Bertz CT molecular complexity index is 1040. The lowest BCUT2D eigenvalue weighted by Gasteiger charge is -2.20. The first-order valence-electron chi connectivity index (χ1n) is 9.84. The molecule has 31 heavy (non-hydrogen) atoms. The molecule has 2 atom stereocenters. The first-order valence-corrected chi connectivity index (χ1v) is 9.84. The van der Waals surface area contributed by atoms with Gasteiger partial charge in [-0.05, 0) is 48.9 Å². The van der Waals surface area contributed by atoms with Crippen LogP contribution in [0.3, 0.4) is 0 Å². The summed E-state index contributed by atoms with van der Waals surface area (Å²) < 4.78 is 18.4. The molecule has 3 aromatic carbocycles. The number of ketones is 1. The molecule has 1 N–H and O–H groups in total. The van der Waals surface area contributed by atoms with Gasteiger partial charge in [-0.3, -0.25) is 14.4 Å². The summed E-state index contributed by atoms with van der Waals surface area (Å²) in [5.74, 6) is -1.85. The second-order valence-corrected chi connectivity index (χ2v) is 7.01. The standard InChI is InChI=1S/C25H22FNO4/c1-17(24(29)19-12-14-21(26)15-13-19)31-23(28)16-22(18-8-4-2-5-9-18)27-25(30)20-10-6-3-7-11-20/h2-15,17,22H,16H2,1H3,(H,27,30)/t17-,22+/m1/s1. The van der Waals surface area contributed by atoms with Crippen LogP contribution >= 0.6 is 0 Å². The van der Waals surface area contributed by atoms with Crippen LogP contribution in [-0.2, 0) is 9.53 Å². The topological polar surface area (TPSA) is 72.5 Å². The molecule has 0 saturated heterocycles. The Kier molecular flexibility index (Phi) is 7.27. The van der Waals surface area contributed by atoms with Gasteiger partial charge in [0.2, 0.25) is 5.78 Å². The fraction of sp³-hybridized carbons (Fsp3) is 0.160. The number of hydrogen-bond acceptors (Lipinski definition) is 4. The van der Waals surface area contributed by atoms with Crippen LogP contribution in [0.5, 0.6) is 0 Å². The van der Waals surface area contributed by atoms with Crippen molar-refractivity contribution in [3.8, 4) is 0 Å². The zero-order chi connectivity index (χ0) is 22.2. The van der Waals surface area contributed by atoms with Gasteiger partial charge in [0.05, 0.1) is 12.5 Å². The van der Waals surface area contributed by atoms with Crippen molar-refractivity contribution in [1.82, 2.24) is 5.32 Å². The van der Waals surface area contributed by atoms with E-state index < -0.39 is 29.7 Å². The number of esters is 1. The zero-order valence-corrected chi connectivity index (χ0v) is 17.0. The summed E-state index contributed by atoms with van der Waals surface area (Å²) in [5.41, 5.74) is 1.46. The SMILES string of the molecule is C[C@@H](OC(=O)C[C@H](NC(=O)c1ccccc1)c1ccccc1)C(=O)c1ccc(F)cc1. The smallest absolute Gasteiger partial charge is 0.308 e. The second kappa shape index (κ2) is 10.3. The van der Waals surface area contributed by atoms with E-state index in [2.05, 4.69) is 5.32 Å². The summed E-state index contributed by atoms with van der Waals surface area (Å²) in [6, 6.07) is 22.1. The summed E-state index contributed by atoms with van der Waals surface area (Å²) in [5, 5.41) is 2.85. The lowest BCUT2D eigenvalue weighted by molar-refractivity contribution is -0.146. The van der Waals surface area contributed by atoms with E-state index >= 15 is 0 Å². The summed E-state index contributed by atoms with van der Waals surface area (Å²) in [6.07, 6.45) is -1.19. The van der Waals surface area contributed by atoms with Gasteiger partial charge < -0.3 is 10.1 Å². The highest BCUT2D eigenvalue weighted by molar-refractivity contribution is 6.00. The molecule has 0 heterocycles. The number of ether oxygens (including phenoxy) is 1. The van der Waals surface area contributed by atoms with Crippen molar-refractivity contribution in [3.05, 3.63) is 107 Å². The monoisotopic (exact) mass is 419 g/mol. The van der Waals surface area contributed by atoms with Gasteiger partial charge in [-0.15, -0.1) is 0 Å². The molecule has 0 aliphatic carbocycles. The molecule has 1 amide bonds. The summed E-state index contributed by atoms with van der Waals surface area (Å²) in [4.78, 5) is 37.6. The number of carbonyl (C=O) groups excluding carboxylic acids is 3. The molecule has 0 aliphatic rings. The molecule has 3 aromatic rings. The van der Waals surface area contributed by atoms with Gasteiger partial charge in [0.15, 0.2) is 6.10 Å². The molecule has 0 aliphatic heterocycles. The van der Waals surface area contributed by atoms with Crippen LogP contribution in [0.25, 0.3) is 0 Å². The van der Waals surface area contributed by atoms with E-state index in [-0.39, 0.29) is 17.9 Å². The van der Waals surface area contributed by atoms with Gasteiger partial charge in [-0.2, -0.15) is 0 Å². The van der Waals surface area contributed by atoms with Crippen molar-refractivity contribution in [2.45, 2.75) is 25.5 Å². The molecule has 6 heteroatoms. The van der Waals surface area contributed by atoms with Gasteiger partial charge in [0, 0.05) is 11.1 Å². The normalized spacial score (nSPS) is 12.5. The zero-order valence-electron chi connectivity index (χ0n) is 17.0. The number of hydrogen-bond donors (Lipinski definition) is 1. The van der Waals surface area contributed by atoms with E-state index in [1.807, 2.05) is 24.3 Å². The Morgan fingerprint density at radius 2 is 1.42 bits per heavy atom. The first kappa shape index (κ1) is 21.9. The Labute approximate surface area is 179 Å². The number of Topliss-reactive ketones (excluding diaryl/α,β-unsaturated/α-hetero) is 1. The molecular formula is C25H22FNO4. The Balaban J connectivity index is 1.68. The number of rotatable bonds is 8. The van der Waals surface area contributed by atoms with Crippen LogP contribution in [0.4, 0.5) is 4.39 Å². The minimum atomic E-state index is -1.04. The molecule has 0 bridgehead atoms. The van der Waals surface area contributed by atoms with Crippen molar-refractivity contribution in [2.24, 2.45) is 0 Å². The van der Waals surface area contributed by atoms with Crippen LogP contribution < -0.4 is 5.32 Å². The fourth-order valence-electron chi connectivity index (χ4n) is 3.08. The van der Waals surface area contributed by atoms with Gasteiger partial charge in [0.1, 0.15) is 5.82 Å². The van der Waals surface area contributed by atoms with Crippen LogP contribution in [0.2, 0.25) is 0 Å². The highest BCUT2D eigenvalue weighted by atomic mass is 19.1. The predicted octanol–water partition coefficient (Wildman–Crippen LogP) is 4.50. The van der Waals surface area contributed by atoms with Crippen molar-refractivity contribution in [3.63, 3.8) is 0 Å². The van der Waals surface area contributed by atoms with Crippen molar-refractivity contribution in [2.75, 3.05) is 0 Å². The number of halogens is 1. The van der Waals surface area contributed by atoms with Crippen molar-refractivity contribution in [1.29, 1.82) is 0 Å². The molecular weight excluding hydrogens is 397 g/mol. The largest absolute Gasteiger partial charge is 0.454 e. The molecule has 3 rings (SSSR count). The highest BCUT2D eigenvalue weighted by Crippen LogP contribution is 2.19. The van der Waals surface area contributed by atoms with Crippen LogP contribution in [0.1, 0.15) is 45.7 Å². The van der Waals surface area contributed by atoms with Gasteiger partial charge in [-0.25, -0.2) is 4.39 Å². The van der Waals surface area contributed by atoms with Gasteiger partial charge >= 0.3 is 5.97 Å². The Morgan fingerprint density at radius 1 is 0.839 bits per heavy atom. The lowest BCUT2D eigenvalue weighted by Crippen LogP contribution is -2.32. The van der Waals surface area contributed by atoms with E-state index in [0.29, 0.717) is 5.56 Å².